The lowest BCUT2D eigenvalue weighted by Gasteiger charge is -2.36. The van der Waals surface area contributed by atoms with Gasteiger partial charge in [-0.25, -0.2) is 0 Å². The highest BCUT2D eigenvalue weighted by molar-refractivity contribution is 5.83. The van der Waals surface area contributed by atoms with Gasteiger partial charge >= 0.3 is 0 Å². The van der Waals surface area contributed by atoms with E-state index in [1.54, 1.807) is 0 Å². The Kier molecular flexibility index (Phi) is 5.22. The van der Waals surface area contributed by atoms with Gasteiger partial charge in [0.15, 0.2) is 0 Å². The van der Waals surface area contributed by atoms with Crippen LogP contribution in [0.5, 0.6) is 0 Å². The molecule has 0 spiro atoms. The third-order valence-corrected chi connectivity index (χ3v) is 5.03. The quantitative estimate of drug-likeness (QED) is 0.791. The molecule has 1 amide bonds. The van der Waals surface area contributed by atoms with Crippen molar-refractivity contribution in [2.75, 3.05) is 32.7 Å². The second-order valence-electron chi connectivity index (χ2n) is 6.05. The van der Waals surface area contributed by atoms with Gasteiger partial charge in [-0.05, 0) is 51.7 Å². The summed E-state index contributed by atoms with van der Waals surface area (Å²) in [5.41, 5.74) is -0.159. The van der Waals surface area contributed by atoms with Gasteiger partial charge in [0.1, 0.15) is 0 Å². The molecule has 2 aliphatic rings. The molecule has 110 valence electrons. The van der Waals surface area contributed by atoms with E-state index in [2.05, 4.69) is 29.4 Å². The van der Waals surface area contributed by atoms with Crippen molar-refractivity contribution >= 4 is 5.91 Å². The van der Waals surface area contributed by atoms with Crippen molar-refractivity contribution in [1.82, 2.24) is 15.5 Å². The summed E-state index contributed by atoms with van der Waals surface area (Å²) in [6, 6.07) is 0.555. The van der Waals surface area contributed by atoms with Gasteiger partial charge < -0.3 is 10.6 Å². The Morgan fingerprint density at radius 1 is 1.42 bits per heavy atom. The highest BCUT2D eigenvalue weighted by Crippen LogP contribution is 2.30. The molecule has 2 saturated heterocycles. The molecule has 4 nitrogen and oxygen atoms in total. The third-order valence-electron chi connectivity index (χ3n) is 5.03. The summed E-state index contributed by atoms with van der Waals surface area (Å²) in [6.45, 7) is 9.37. The zero-order valence-electron chi connectivity index (χ0n) is 12.5. The first-order valence-electron chi connectivity index (χ1n) is 7.95. The van der Waals surface area contributed by atoms with E-state index in [0.717, 1.165) is 45.4 Å². The molecule has 2 atom stereocenters. The van der Waals surface area contributed by atoms with Gasteiger partial charge in [0, 0.05) is 19.1 Å². The van der Waals surface area contributed by atoms with E-state index in [-0.39, 0.29) is 11.3 Å². The summed E-state index contributed by atoms with van der Waals surface area (Å²) in [5.74, 6) is 0.269. The van der Waals surface area contributed by atoms with Crippen LogP contribution < -0.4 is 10.6 Å². The first kappa shape index (κ1) is 14.8. The minimum absolute atomic E-state index is 0.159. The fourth-order valence-corrected chi connectivity index (χ4v) is 3.56. The first-order chi connectivity index (χ1) is 9.22. The number of carbonyl (C=O) groups is 1. The Bertz CT molecular complexity index is 300. The molecule has 0 aliphatic carbocycles. The highest BCUT2D eigenvalue weighted by Gasteiger charge is 2.38. The van der Waals surface area contributed by atoms with Crippen molar-refractivity contribution in [2.24, 2.45) is 5.41 Å². The van der Waals surface area contributed by atoms with Crippen LogP contribution in [0, 0.1) is 5.41 Å². The number of likely N-dealkylation sites (N-methyl/N-ethyl adjacent to an activating group) is 1. The largest absolute Gasteiger partial charge is 0.354 e. The van der Waals surface area contributed by atoms with Crippen LogP contribution in [-0.4, -0.2) is 49.6 Å². The van der Waals surface area contributed by atoms with E-state index in [9.17, 15) is 4.79 Å². The van der Waals surface area contributed by atoms with E-state index >= 15 is 0 Å². The molecular weight excluding hydrogens is 238 g/mol. The fourth-order valence-electron chi connectivity index (χ4n) is 3.56. The van der Waals surface area contributed by atoms with E-state index in [1.165, 1.54) is 19.4 Å². The molecule has 2 unspecified atom stereocenters. The van der Waals surface area contributed by atoms with Crippen LogP contribution in [0.25, 0.3) is 0 Å². The molecule has 2 aliphatic heterocycles. The van der Waals surface area contributed by atoms with Crippen molar-refractivity contribution in [3.63, 3.8) is 0 Å². The molecule has 0 saturated carbocycles. The number of rotatable bonds is 5. The van der Waals surface area contributed by atoms with Gasteiger partial charge in [-0.3, -0.25) is 9.69 Å². The van der Waals surface area contributed by atoms with Crippen LogP contribution in [0.1, 0.15) is 46.0 Å². The summed E-state index contributed by atoms with van der Waals surface area (Å²) in [7, 11) is 0. The van der Waals surface area contributed by atoms with E-state index < -0.39 is 0 Å². The lowest BCUT2D eigenvalue weighted by Crippen LogP contribution is -2.52. The molecule has 0 aromatic heterocycles. The number of hydrogen-bond acceptors (Lipinski definition) is 3. The van der Waals surface area contributed by atoms with Gasteiger partial charge in [0.2, 0.25) is 5.91 Å². The Morgan fingerprint density at radius 3 is 2.89 bits per heavy atom. The first-order valence-corrected chi connectivity index (χ1v) is 7.95. The van der Waals surface area contributed by atoms with Crippen molar-refractivity contribution in [1.29, 1.82) is 0 Å². The lowest BCUT2D eigenvalue weighted by molar-refractivity contribution is -0.132. The summed E-state index contributed by atoms with van der Waals surface area (Å²) in [5, 5.41) is 6.61. The summed E-state index contributed by atoms with van der Waals surface area (Å²) in [6.07, 6.45) is 5.59. The monoisotopic (exact) mass is 267 g/mol. The summed E-state index contributed by atoms with van der Waals surface area (Å²) in [4.78, 5) is 15.0. The average Bonchev–Trinajstić information content (AvgIpc) is 2.92. The van der Waals surface area contributed by atoms with E-state index in [0.29, 0.717) is 6.04 Å². The lowest BCUT2D eigenvalue weighted by atomic mass is 9.77. The molecule has 19 heavy (non-hydrogen) atoms. The predicted molar refractivity (Wildman–Crippen MR) is 78.1 cm³/mol. The van der Waals surface area contributed by atoms with E-state index in [4.69, 9.17) is 0 Å². The normalized spacial score (nSPS) is 32.4. The number of nitrogens with one attached hydrogen (secondary N) is 2. The summed E-state index contributed by atoms with van der Waals surface area (Å²) < 4.78 is 0. The smallest absolute Gasteiger partial charge is 0.227 e. The van der Waals surface area contributed by atoms with E-state index in [1.807, 2.05) is 0 Å². The van der Waals surface area contributed by atoms with Gasteiger partial charge in [-0.1, -0.05) is 13.8 Å². The maximum Gasteiger partial charge on any atom is 0.227 e. The van der Waals surface area contributed by atoms with Gasteiger partial charge in [-0.2, -0.15) is 0 Å². The molecule has 0 aromatic carbocycles. The van der Waals surface area contributed by atoms with Gasteiger partial charge in [0.05, 0.1) is 5.41 Å². The Balaban J connectivity index is 1.85. The van der Waals surface area contributed by atoms with Crippen LogP contribution in [0.3, 0.4) is 0 Å². The van der Waals surface area contributed by atoms with Crippen LogP contribution in [0.15, 0.2) is 0 Å². The van der Waals surface area contributed by atoms with Crippen molar-refractivity contribution in [3.05, 3.63) is 0 Å². The molecule has 0 aromatic rings. The Morgan fingerprint density at radius 2 is 2.26 bits per heavy atom. The fraction of sp³-hybridized carbons (Fsp3) is 0.933. The van der Waals surface area contributed by atoms with Crippen molar-refractivity contribution in [2.45, 2.75) is 52.0 Å². The number of nitrogens with zero attached hydrogens (tertiary/aromatic N) is 1. The number of piperidine rings is 1. The zero-order chi connectivity index (χ0) is 13.7. The summed E-state index contributed by atoms with van der Waals surface area (Å²) >= 11 is 0. The molecule has 0 bridgehead atoms. The van der Waals surface area contributed by atoms with Crippen LogP contribution >= 0.6 is 0 Å². The van der Waals surface area contributed by atoms with Crippen molar-refractivity contribution < 1.29 is 4.79 Å². The molecular formula is C15H29N3O. The zero-order valence-corrected chi connectivity index (χ0v) is 12.5. The molecule has 0 radical (unpaired) electrons. The Hall–Kier alpha value is -0.610. The van der Waals surface area contributed by atoms with Crippen LogP contribution in [0.2, 0.25) is 0 Å². The number of hydrogen-bond donors (Lipinski definition) is 2. The standard InChI is InChI=1S/C15H29N3O/c1-3-15(8-6-9-16-12-15)14(19)17-11-13-7-5-10-18(13)4-2/h13,16H,3-12H2,1-2H3,(H,17,19). The van der Waals surface area contributed by atoms with Crippen LogP contribution in [0.4, 0.5) is 0 Å². The maximum absolute atomic E-state index is 12.5. The maximum atomic E-state index is 12.5. The van der Waals surface area contributed by atoms with Crippen molar-refractivity contribution in [3.8, 4) is 0 Å². The average molecular weight is 267 g/mol. The second kappa shape index (κ2) is 6.71. The molecule has 2 rings (SSSR count). The van der Waals surface area contributed by atoms with Crippen LogP contribution in [-0.2, 0) is 4.79 Å². The molecule has 2 heterocycles. The van der Waals surface area contributed by atoms with Gasteiger partial charge in [0.25, 0.3) is 0 Å². The SMILES string of the molecule is CCN1CCCC1CNC(=O)C1(CC)CCCNC1. The number of carbonyl (C=O) groups excluding carboxylic acids is 1. The predicted octanol–water partition coefficient (Wildman–Crippen LogP) is 1.37. The number of amides is 1. The third kappa shape index (κ3) is 3.29. The molecule has 2 N–H and O–H groups in total. The minimum atomic E-state index is -0.159. The topological polar surface area (TPSA) is 44.4 Å². The van der Waals surface area contributed by atoms with Gasteiger partial charge in [-0.15, -0.1) is 0 Å². The number of likely N-dealkylation sites (tertiary alicyclic amines) is 1. The minimum Gasteiger partial charge on any atom is -0.354 e. The highest BCUT2D eigenvalue weighted by atomic mass is 16.2. The second-order valence-corrected chi connectivity index (χ2v) is 6.05. The Labute approximate surface area is 117 Å². The molecule has 4 heteroatoms. The molecule has 2 fully saturated rings.